The zero-order valence-corrected chi connectivity index (χ0v) is 24.5. The molecule has 5 aromatic rings. The van der Waals surface area contributed by atoms with Gasteiger partial charge < -0.3 is 14.5 Å². The van der Waals surface area contributed by atoms with E-state index in [1.807, 2.05) is 41.9 Å². The Labute approximate surface area is 249 Å². The van der Waals surface area contributed by atoms with Gasteiger partial charge in [0, 0.05) is 50.2 Å². The summed E-state index contributed by atoms with van der Waals surface area (Å²) < 4.78 is 12.9. The van der Waals surface area contributed by atoms with Crippen LogP contribution in [0.2, 0.25) is 0 Å². The molecule has 10 nitrogen and oxygen atoms in total. The molecule has 2 aromatic heterocycles. The maximum Gasteiger partial charge on any atom is 0.253 e. The number of aromatic nitrogens is 5. The summed E-state index contributed by atoms with van der Waals surface area (Å²) in [5.41, 5.74) is 6.01. The van der Waals surface area contributed by atoms with Crippen molar-refractivity contribution >= 4 is 10.9 Å². The Morgan fingerprint density at radius 1 is 0.884 bits per heavy atom. The molecular formula is C33H35N7O3. The smallest absolute Gasteiger partial charge is 0.253 e. The van der Waals surface area contributed by atoms with Gasteiger partial charge >= 0.3 is 0 Å². The summed E-state index contributed by atoms with van der Waals surface area (Å²) in [6, 6.07) is 22.3. The lowest BCUT2D eigenvalue weighted by molar-refractivity contribution is 0.0996. The minimum Gasteiger partial charge on any atom is -0.454 e. The number of rotatable bonds is 8. The summed E-state index contributed by atoms with van der Waals surface area (Å²) >= 11 is 0. The van der Waals surface area contributed by atoms with Crippen LogP contribution < -0.4 is 15.0 Å². The Morgan fingerprint density at radius 2 is 1.67 bits per heavy atom. The largest absolute Gasteiger partial charge is 0.454 e. The molecule has 0 radical (unpaired) electrons. The summed E-state index contributed by atoms with van der Waals surface area (Å²) in [5, 5.41) is 14.0. The quantitative estimate of drug-likeness (QED) is 0.295. The van der Waals surface area contributed by atoms with Gasteiger partial charge in [-0.05, 0) is 71.1 Å². The van der Waals surface area contributed by atoms with Crippen molar-refractivity contribution in [1.82, 2.24) is 35.0 Å². The van der Waals surface area contributed by atoms with Gasteiger partial charge in [-0.3, -0.25) is 14.6 Å². The summed E-state index contributed by atoms with van der Waals surface area (Å²) in [4.78, 5) is 21.7. The number of fused-ring (bicyclic) bond motifs is 2. The number of benzene rings is 3. The standard InChI is InChI=1S/C33H35N7O3/c1-22-8-9-23(2)30-26(22)19-27(33(41)34-30)31(32-35-36-37-40(32)13-12-24-6-4-3-5-7-24)39-16-14-38(15-17-39)20-25-10-11-28-29(18-25)43-21-42-28/h3-11,18-19,31H,12-17,20-21H2,1-2H3,(H,34,41)/t31-/m0/s1. The monoisotopic (exact) mass is 577 g/mol. The van der Waals surface area contributed by atoms with Crippen molar-refractivity contribution < 1.29 is 9.47 Å². The van der Waals surface area contributed by atoms with Crippen LogP contribution >= 0.6 is 0 Å². The maximum absolute atomic E-state index is 13.8. The second-order valence-corrected chi connectivity index (χ2v) is 11.4. The number of tetrazole rings is 1. The van der Waals surface area contributed by atoms with Crippen LogP contribution in [0.1, 0.15) is 39.7 Å². The molecular weight excluding hydrogens is 542 g/mol. The van der Waals surface area contributed by atoms with Crippen LogP contribution in [0.5, 0.6) is 11.5 Å². The number of piperazine rings is 1. The Balaban J connectivity index is 1.19. The fourth-order valence-corrected chi connectivity index (χ4v) is 6.22. The molecule has 3 aromatic carbocycles. The van der Waals surface area contributed by atoms with Crippen molar-refractivity contribution in [2.45, 2.75) is 39.4 Å². The summed E-state index contributed by atoms with van der Waals surface area (Å²) in [6.07, 6.45) is 0.793. The minimum atomic E-state index is -0.383. The Bertz CT molecular complexity index is 1810. The number of hydrogen-bond donors (Lipinski definition) is 1. The van der Waals surface area contributed by atoms with E-state index in [1.54, 1.807) is 0 Å². The van der Waals surface area contributed by atoms with Crippen molar-refractivity contribution in [2.75, 3.05) is 33.0 Å². The van der Waals surface area contributed by atoms with Crippen LogP contribution in [-0.2, 0) is 19.5 Å². The first-order chi connectivity index (χ1) is 21.0. The van der Waals surface area contributed by atoms with E-state index in [1.165, 1.54) is 11.1 Å². The SMILES string of the molecule is Cc1ccc(C)c2[nH]c(=O)c([C@@H](c3nnnn3CCc3ccccc3)N3CCN(Cc4ccc5c(c4)OCO5)CC3)cc12. The molecule has 0 saturated carbocycles. The van der Waals surface area contributed by atoms with Gasteiger partial charge in [0.15, 0.2) is 17.3 Å². The van der Waals surface area contributed by atoms with Gasteiger partial charge in [-0.2, -0.15) is 0 Å². The zero-order chi connectivity index (χ0) is 29.3. The normalized spacial score (nSPS) is 16.1. The number of pyridine rings is 1. The van der Waals surface area contributed by atoms with E-state index < -0.39 is 0 Å². The first kappa shape index (κ1) is 27.3. The van der Waals surface area contributed by atoms with Gasteiger partial charge in [-0.15, -0.1) is 5.10 Å². The van der Waals surface area contributed by atoms with E-state index >= 15 is 0 Å². The van der Waals surface area contributed by atoms with E-state index in [4.69, 9.17) is 9.47 Å². The number of aryl methyl sites for hydroxylation is 4. The zero-order valence-electron chi connectivity index (χ0n) is 24.5. The van der Waals surface area contributed by atoms with E-state index in [2.05, 4.69) is 73.6 Å². The van der Waals surface area contributed by atoms with Crippen molar-refractivity contribution in [1.29, 1.82) is 0 Å². The molecule has 0 unspecified atom stereocenters. The summed E-state index contributed by atoms with van der Waals surface area (Å²) in [7, 11) is 0. The predicted octanol–water partition coefficient (Wildman–Crippen LogP) is 4.01. The van der Waals surface area contributed by atoms with Gasteiger partial charge in [0.1, 0.15) is 6.04 Å². The van der Waals surface area contributed by atoms with Gasteiger partial charge in [-0.1, -0.05) is 48.5 Å². The highest BCUT2D eigenvalue weighted by Crippen LogP contribution is 2.33. The molecule has 10 heteroatoms. The molecule has 2 aliphatic heterocycles. The highest BCUT2D eigenvalue weighted by molar-refractivity contribution is 5.85. The lowest BCUT2D eigenvalue weighted by Crippen LogP contribution is -2.48. The first-order valence-electron chi connectivity index (χ1n) is 14.8. The lowest BCUT2D eigenvalue weighted by atomic mass is 9.99. The topological polar surface area (TPSA) is 101 Å². The molecule has 220 valence electrons. The third-order valence-corrected chi connectivity index (χ3v) is 8.64. The second kappa shape index (κ2) is 11.6. The van der Waals surface area contributed by atoms with E-state index in [-0.39, 0.29) is 18.4 Å². The minimum absolute atomic E-state index is 0.105. The van der Waals surface area contributed by atoms with Crippen molar-refractivity contribution in [3.8, 4) is 11.5 Å². The van der Waals surface area contributed by atoms with Crippen LogP contribution in [0, 0.1) is 13.8 Å². The number of hydrogen-bond acceptors (Lipinski definition) is 8. The Kier molecular flexibility index (Phi) is 7.38. The average molecular weight is 578 g/mol. The predicted molar refractivity (Wildman–Crippen MR) is 163 cm³/mol. The van der Waals surface area contributed by atoms with Crippen LogP contribution in [0.4, 0.5) is 0 Å². The molecule has 1 N–H and O–H groups in total. The molecule has 43 heavy (non-hydrogen) atoms. The molecule has 2 aliphatic rings. The van der Waals surface area contributed by atoms with E-state index in [9.17, 15) is 4.79 Å². The fraction of sp³-hybridized carbons (Fsp3) is 0.333. The van der Waals surface area contributed by atoms with E-state index in [0.29, 0.717) is 17.9 Å². The number of aromatic amines is 1. The number of H-pyrrole nitrogens is 1. The Morgan fingerprint density at radius 3 is 2.51 bits per heavy atom. The molecule has 7 rings (SSSR count). The summed E-state index contributed by atoms with van der Waals surface area (Å²) in [5.74, 6) is 2.29. The Hall–Kier alpha value is -4.54. The number of nitrogens with one attached hydrogen (secondary N) is 1. The molecule has 0 amide bonds. The fourth-order valence-electron chi connectivity index (χ4n) is 6.22. The van der Waals surface area contributed by atoms with Crippen molar-refractivity contribution in [3.63, 3.8) is 0 Å². The first-order valence-corrected chi connectivity index (χ1v) is 14.8. The van der Waals surface area contributed by atoms with Crippen LogP contribution in [0.25, 0.3) is 10.9 Å². The highest BCUT2D eigenvalue weighted by atomic mass is 16.7. The number of ether oxygens (including phenoxy) is 2. The van der Waals surface area contributed by atoms with Crippen LogP contribution in [0.3, 0.4) is 0 Å². The van der Waals surface area contributed by atoms with Gasteiger partial charge in [-0.25, -0.2) is 4.68 Å². The lowest BCUT2D eigenvalue weighted by Gasteiger charge is -2.38. The van der Waals surface area contributed by atoms with Crippen LogP contribution in [0.15, 0.2) is 71.5 Å². The van der Waals surface area contributed by atoms with Crippen molar-refractivity contribution in [2.24, 2.45) is 0 Å². The molecule has 1 fully saturated rings. The average Bonchev–Trinajstić information content (AvgIpc) is 3.69. The third kappa shape index (κ3) is 5.51. The highest BCUT2D eigenvalue weighted by Gasteiger charge is 2.33. The molecule has 0 bridgehead atoms. The molecule has 0 aliphatic carbocycles. The van der Waals surface area contributed by atoms with Gasteiger partial charge in [0.25, 0.3) is 5.56 Å². The summed E-state index contributed by atoms with van der Waals surface area (Å²) in [6.45, 7) is 9.05. The van der Waals surface area contributed by atoms with Crippen molar-refractivity contribution in [3.05, 3.63) is 111 Å². The maximum atomic E-state index is 13.8. The molecule has 1 saturated heterocycles. The van der Waals surface area contributed by atoms with E-state index in [0.717, 1.165) is 72.7 Å². The molecule has 1 atom stereocenters. The molecule has 4 heterocycles. The van der Waals surface area contributed by atoms with Gasteiger partial charge in [0.2, 0.25) is 6.79 Å². The number of nitrogens with zero attached hydrogens (tertiary/aromatic N) is 6. The molecule has 0 spiro atoms. The van der Waals surface area contributed by atoms with Crippen LogP contribution in [-0.4, -0.2) is 68.0 Å². The third-order valence-electron chi connectivity index (χ3n) is 8.64. The van der Waals surface area contributed by atoms with Gasteiger partial charge in [0.05, 0.1) is 5.52 Å². The second-order valence-electron chi connectivity index (χ2n) is 11.4.